The second-order valence-electron chi connectivity index (χ2n) is 10.3. The Morgan fingerprint density at radius 1 is 0.956 bits per heavy atom. The number of hydrazone groups is 1. The lowest BCUT2D eigenvalue weighted by molar-refractivity contribution is -0.138. The highest BCUT2D eigenvalue weighted by atomic mass is 32.1. The van der Waals surface area contributed by atoms with Gasteiger partial charge in [-0.05, 0) is 49.8 Å². The largest absolute Gasteiger partial charge is 0.493 e. The minimum atomic E-state index is -0.910. The van der Waals surface area contributed by atoms with Crippen LogP contribution in [0.3, 0.4) is 0 Å². The minimum Gasteiger partial charge on any atom is -0.493 e. The van der Waals surface area contributed by atoms with E-state index in [1.165, 1.54) is 23.8 Å². The Hall–Kier alpha value is -5.29. The number of methoxy groups -OCH3 is 2. The summed E-state index contributed by atoms with van der Waals surface area (Å²) in [4.78, 5) is 46.7. The van der Waals surface area contributed by atoms with Crippen LogP contribution in [0.2, 0.25) is 0 Å². The molecule has 10 nitrogen and oxygen atoms in total. The molecule has 6 rings (SSSR count). The number of amides is 1. The Morgan fingerprint density at radius 2 is 1.64 bits per heavy atom. The van der Waals surface area contributed by atoms with E-state index in [4.69, 9.17) is 19.2 Å². The highest BCUT2D eigenvalue weighted by Crippen LogP contribution is 2.38. The van der Waals surface area contributed by atoms with E-state index in [-0.39, 0.29) is 18.1 Å². The first-order chi connectivity index (χ1) is 21.9. The molecule has 3 aromatic carbocycles. The number of nitrogens with zero attached hydrogens (tertiary/aromatic N) is 4. The monoisotopic (exact) mass is 622 g/mol. The third-order valence-electron chi connectivity index (χ3n) is 7.60. The first-order valence-corrected chi connectivity index (χ1v) is 15.1. The van der Waals surface area contributed by atoms with Gasteiger partial charge in [-0.15, -0.1) is 0 Å². The van der Waals surface area contributed by atoms with E-state index < -0.39 is 23.5 Å². The van der Waals surface area contributed by atoms with Crippen molar-refractivity contribution in [1.29, 1.82) is 0 Å². The van der Waals surface area contributed by atoms with Crippen molar-refractivity contribution in [2.75, 3.05) is 25.8 Å². The molecule has 4 aromatic rings. The first-order valence-electron chi connectivity index (χ1n) is 14.3. The summed E-state index contributed by atoms with van der Waals surface area (Å²) in [5.41, 5.74) is 2.69. The lowest BCUT2D eigenvalue weighted by atomic mass is 9.93. The van der Waals surface area contributed by atoms with Crippen LogP contribution >= 0.6 is 11.3 Å². The zero-order chi connectivity index (χ0) is 31.7. The Kier molecular flexibility index (Phi) is 8.18. The molecule has 3 heterocycles. The van der Waals surface area contributed by atoms with E-state index in [1.807, 2.05) is 48.5 Å². The number of hydrogen-bond acceptors (Lipinski definition) is 9. The van der Waals surface area contributed by atoms with E-state index in [2.05, 4.69) is 5.10 Å². The summed E-state index contributed by atoms with van der Waals surface area (Å²) in [7, 11) is 3.05. The molecule has 2 aliphatic heterocycles. The van der Waals surface area contributed by atoms with Gasteiger partial charge in [-0.1, -0.05) is 65.9 Å². The molecule has 0 spiro atoms. The van der Waals surface area contributed by atoms with Crippen molar-refractivity contribution in [1.82, 2.24) is 4.57 Å². The second kappa shape index (κ2) is 12.4. The summed E-state index contributed by atoms with van der Waals surface area (Å²) in [6, 6.07) is 22.8. The Bertz CT molecular complexity index is 2030. The molecule has 0 unspecified atom stereocenters. The molecule has 2 atom stereocenters. The fraction of sp³-hybridized carbons (Fsp3) is 0.206. The molecule has 0 aliphatic carbocycles. The SMILES string of the molecule is CCOC(=O)C1=C(c2ccccc2)N=c2s/c(=C/[C@@H]3C(=O)N(c4ccccc4)N=C3C)c(=O)n2[C@H]1c1ccc(OC)c(OC)c1. The van der Waals surface area contributed by atoms with Gasteiger partial charge in [0.2, 0.25) is 0 Å². The maximum absolute atomic E-state index is 14.3. The number of fused-ring (bicyclic) bond motifs is 1. The van der Waals surface area contributed by atoms with E-state index >= 15 is 0 Å². The van der Waals surface area contributed by atoms with Crippen LogP contribution in [0.25, 0.3) is 11.8 Å². The fourth-order valence-corrected chi connectivity index (χ4v) is 6.48. The fourth-order valence-electron chi connectivity index (χ4n) is 5.47. The van der Waals surface area contributed by atoms with Crippen LogP contribution in [0.4, 0.5) is 5.69 Å². The van der Waals surface area contributed by atoms with Gasteiger partial charge in [0.15, 0.2) is 16.3 Å². The van der Waals surface area contributed by atoms with Crippen LogP contribution in [-0.2, 0) is 14.3 Å². The molecule has 2 aliphatic rings. The summed E-state index contributed by atoms with van der Waals surface area (Å²) < 4.78 is 18.4. The lowest BCUT2D eigenvalue weighted by Crippen LogP contribution is -2.40. The normalized spacial score (nSPS) is 18.0. The van der Waals surface area contributed by atoms with Gasteiger partial charge in [0.25, 0.3) is 11.5 Å². The number of benzene rings is 3. The average Bonchev–Trinajstić information content (AvgIpc) is 3.54. The molecule has 1 aromatic heterocycles. The van der Waals surface area contributed by atoms with E-state index in [0.29, 0.717) is 49.1 Å². The molecule has 45 heavy (non-hydrogen) atoms. The van der Waals surface area contributed by atoms with Crippen LogP contribution in [0.15, 0.2) is 99.3 Å². The first kappa shape index (κ1) is 29.8. The van der Waals surface area contributed by atoms with Crippen molar-refractivity contribution >= 4 is 46.4 Å². The van der Waals surface area contributed by atoms with Crippen molar-refractivity contribution in [3.05, 3.63) is 115 Å². The number of aromatic nitrogens is 1. The number of anilines is 1. The number of thiazole rings is 1. The molecular formula is C34H30N4O6S. The number of hydrogen-bond donors (Lipinski definition) is 0. The molecular weight excluding hydrogens is 592 g/mol. The molecule has 0 N–H and O–H groups in total. The van der Waals surface area contributed by atoms with Crippen molar-refractivity contribution in [3.8, 4) is 11.5 Å². The molecule has 11 heteroatoms. The number of ether oxygens (including phenoxy) is 3. The summed E-state index contributed by atoms with van der Waals surface area (Å²) in [6.07, 6.45) is 1.63. The van der Waals surface area contributed by atoms with Crippen LogP contribution in [0.5, 0.6) is 11.5 Å². The van der Waals surface area contributed by atoms with Gasteiger partial charge < -0.3 is 14.2 Å². The Balaban J connectivity index is 1.57. The summed E-state index contributed by atoms with van der Waals surface area (Å²) >= 11 is 1.15. The van der Waals surface area contributed by atoms with Gasteiger partial charge in [-0.25, -0.2) is 9.79 Å². The predicted molar refractivity (Wildman–Crippen MR) is 172 cm³/mol. The van der Waals surface area contributed by atoms with Crippen LogP contribution in [0, 0.1) is 5.92 Å². The number of carbonyl (C=O) groups excluding carboxylic acids is 2. The predicted octanol–water partition coefficient (Wildman–Crippen LogP) is 3.94. The third kappa shape index (κ3) is 5.35. The zero-order valence-corrected chi connectivity index (χ0v) is 25.9. The van der Waals surface area contributed by atoms with Crippen LogP contribution in [-0.4, -0.2) is 43.0 Å². The quantitative estimate of drug-likeness (QED) is 0.275. The lowest BCUT2D eigenvalue weighted by Gasteiger charge is -2.26. The smallest absolute Gasteiger partial charge is 0.338 e. The zero-order valence-electron chi connectivity index (χ0n) is 25.1. The maximum atomic E-state index is 14.3. The van der Waals surface area contributed by atoms with E-state index in [1.54, 1.807) is 50.3 Å². The van der Waals surface area contributed by atoms with Gasteiger partial charge in [0.05, 0.1) is 54.1 Å². The number of para-hydroxylation sites is 1. The highest BCUT2D eigenvalue weighted by Gasteiger charge is 2.37. The van der Waals surface area contributed by atoms with Gasteiger partial charge in [0.1, 0.15) is 5.92 Å². The van der Waals surface area contributed by atoms with Crippen LogP contribution < -0.4 is 29.4 Å². The molecule has 0 fully saturated rings. The Morgan fingerprint density at radius 3 is 2.31 bits per heavy atom. The molecule has 0 saturated carbocycles. The van der Waals surface area contributed by atoms with Gasteiger partial charge in [-0.2, -0.15) is 10.1 Å². The van der Waals surface area contributed by atoms with Crippen molar-refractivity contribution in [3.63, 3.8) is 0 Å². The van der Waals surface area contributed by atoms with Crippen molar-refractivity contribution in [2.24, 2.45) is 16.0 Å². The second-order valence-corrected chi connectivity index (χ2v) is 11.3. The highest BCUT2D eigenvalue weighted by molar-refractivity contribution is 7.07. The summed E-state index contributed by atoms with van der Waals surface area (Å²) in [6.45, 7) is 3.62. The van der Waals surface area contributed by atoms with Gasteiger partial charge in [-0.3, -0.25) is 14.2 Å². The Labute approximate surface area is 262 Å². The molecule has 1 amide bonds. The molecule has 228 valence electrons. The number of rotatable bonds is 8. The maximum Gasteiger partial charge on any atom is 0.338 e. The topological polar surface area (TPSA) is 112 Å². The standard InChI is InChI=1S/C34H30N4O6S/c1-5-44-33(41)28-29(21-12-8-6-9-13-21)35-34-37(30(28)22-16-17-25(42-3)26(18-22)43-4)32(40)27(45-34)19-24-20(2)36-38(31(24)39)23-14-10-7-11-15-23/h6-19,24,30H,5H2,1-4H3/b27-19+/t24-,30-/m0/s1. The van der Waals surface area contributed by atoms with Crippen molar-refractivity contribution < 1.29 is 23.8 Å². The molecule has 0 radical (unpaired) electrons. The molecule has 0 bridgehead atoms. The third-order valence-corrected chi connectivity index (χ3v) is 8.60. The number of carbonyl (C=O) groups is 2. The van der Waals surface area contributed by atoms with Gasteiger partial charge in [0, 0.05) is 5.56 Å². The molecule has 0 saturated heterocycles. The van der Waals surface area contributed by atoms with Crippen LogP contribution in [0.1, 0.15) is 31.0 Å². The van der Waals surface area contributed by atoms with E-state index in [9.17, 15) is 14.4 Å². The minimum absolute atomic E-state index is 0.133. The average molecular weight is 623 g/mol. The van der Waals surface area contributed by atoms with E-state index in [0.717, 1.165) is 11.3 Å². The van der Waals surface area contributed by atoms with Gasteiger partial charge >= 0.3 is 5.97 Å². The summed E-state index contributed by atoms with van der Waals surface area (Å²) in [5.74, 6) is -0.678. The van der Waals surface area contributed by atoms with Crippen molar-refractivity contribution in [2.45, 2.75) is 19.9 Å². The summed E-state index contributed by atoms with van der Waals surface area (Å²) in [5, 5.41) is 5.83. The number of esters is 1.